The van der Waals surface area contributed by atoms with Crippen molar-refractivity contribution in [3.63, 3.8) is 0 Å². The lowest BCUT2D eigenvalue weighted by molar-refractivity contribution is -0.289. The van der Waals surface area contributed by atoms with Crippen LogP contribution in [0, 0.1) is 0 Å². The summed E-state index contributed by atoms with van der Waals surface area (Å²) in [5.41, 5.74) is -3.94. The van der Waals surface area contributed by atoms with Crippen LogP contribution in [-0.4, -0.2) is 28.0 Å². The summed E-state index contributed by atoms with van der Waals surface area (Å²) in [6, 6.07) is 9.74. The molecule has 0 fully saturated rings. The van der Waals surface area contributed by atoms with E-state index >= 15 is 0 Å². The van der Waals surface area contributed by atoms with E-state index < -0.39 is 47.8 Å². The van der Waals surface area contributed by atoms with Gasteiger partial charge in [-0.15, -0.1) is 16.8 Å². The van der Waals surface area contributed by atoms with Gasteiger partial charge < -0.3 is 13.9 Å². The molecule has 12 heteroatoms. The van der Waals surface area contributed by atoms with Gasteiger partial charge >= 0.3 is 12.4 Å². The topological polar surface area (TPSA) is 70.3 Å². The molecule has 0 aliphatic carbocycles. The largest absolute Gasteiger partial charge is 0.477 e. The van der Waals surface area contributed by atoms with Crippen LogP contribution in [0.2, 0.25) is 0 Å². The van der Waals surface area contributed by atoms with Crippen molar-refractivity contribution in [3.05, 3.63) is 72.1 Å². The fraction of sp³-hybridized carbons (Fsp3) is 0.348. The molecular weight excluding hydrogens is 480 g/mol. The van der Waals surface area contributed by atoms with Gasteiger partial charge in [0, 0.05) is 0 Å². The quantitative estimate of drug-likeness (QED) is 0.180. The number of hydrogen-bond acceptors (Lipinski definition) is 6. The highest BCUT2D eigenvalue weighted by Gasteiger charge is 2.58. The van der Waals surface area contributed by atoms with Gasteiger partial charge in [0.15, 0.2) is 0 Å². The number of pyridine rings is 1. The third-order valence-corrected chi connectivity index (χ3v) is 4.92. The van der Waals surface area contributed by atoms with E-state index in [4.69, 9.17) is 13.9 Å². The molecule has 2 heterocycles. The maximum atomic E-state index is 13.9. The zero-order valence-corrected chi connectivity index (χ0v) is 18.5. The van der Waals surface area contributed by atoms with Gasteiger partial charge in [-0.1, -0.05) is 36.4 Å². The van der Waals surface area contributed by atoms with Gasteiger partial charge in [-0.2, -0.15) is 26.3 Å². The summed E-state index contributed by atoms with van der Waals surface area (Å²) in [4.78, 5) is 3.77. The lowest BCUT2D eigenvalue weighted by atomic mass is 10.1. The van der Waals surface area contributed by atoms with Crippen LogP contribution in [0.3, 0.4) is 0 Å². The Bertz CT molecular complexity index is 1130. The maximum Gasteiger partial charge on any atom is 0.426 e. The average molecular weight is 501 g/mol. The van der Waals surface area contributed by atoms with E-state index in [0.29, 0.717) is 24.5 Å². The molecule has 6 nitrogen and oxygen atoms in total. The molecule has 0 saturated heterocycles. The van der Waals surface area contributed by atoms with Gasteiger partial charge in [-0.3, -0.25) is 0 Å². The van der Waals surface area contributed by atoms with Crippen molar-refractivity contribution in [2.24, 2.45) is 0 Å². The van der Waals surface area contributed by atoms with Gasteiger partial charge in [0.05, 0.1) is 13.2 Å². The summed E-state index contributed by atoms with van der Waals surface area (Å²) in [5.74, 6) is -2.20. The highest BCUT2D eigenvalue weighted by atomic mass is 19.4. The number of allylic oxidation sites excluding steroid dienone is 1. The molecule has 0 aliphatic rings. The first kappa shape index (κ1) is 26.2. The van der Waals surface area contributed by atoms with Crippen LogP contribution in [0.15, 0.2) is 59.5 Å². The maximum absolute atomic E-state index is 13.9. The zero-order valence-electron chi connectivity index (χ0n) is 18.5. The Morgan fingerprint density at radius 1 is 1.00 bits per heavy atom. The van der Waals surface area contributed by atoms with Crippen molar-refractivity contribution in [3.8, 4) is 17.5 Å². The van der Waals surface area contributed by atoms with E-state index in [1.165, 1.54) is 0 Å². The summed E-state index contributed by atoms with van der Waals surface area (Å²) >= 11 is 0. The van der Waals surface area contributed by atoms with Gasteiger partial charge in [-0.05, 0) is 37.5 Å². The van der Waals surface area contributed by atoms with Crippen molar-refractivity contribution in [2.45, 2.75) is 44.3 Å². The Hall–Kier alpha value is -3.41. The minimum Gasteiger partial charge on any atom is -0.477 e. The summed E-state index contributed by atoms with van der Waals surface area (Å²) in [6.45, 7) is 3.75. The molecular formula is C23H21F6N3O3. The molecule has 0 spiro atoms. The van der Waals surface area contributed by atoms with Crippen molar-refractivity contribution < 1.29 is 40.2 Å². The van der Waals surface area contributed by atoms with Crippen LogP contribution >= 0.6 is 0 Å². The average Bonchev–Trinajstić information content (AvgIpc) is 3.30. The molecule has 1 aromatic carbocycles. The summed E-state index contributed by atoms with van der Waals surface area (Å²) in [5, 5.41) is 7.01. The highest BCUT2D eigenvalue weighted by molar-refractivity contribution is 5.50. The first-order chi connectivity index (χ1) is 16.5. The van der Waals surface area contributed by atoms with E-state index in [9.17, 15) is 26.3 Å². The SMILES string of the molecule is C=CCCCOc1nc(-c2nnc(C(C)(OCc3ccccc3)C(F)(F)F)o2)ccc1C(F)(F)F. The predicted octanol–water partition coefficient (Wildman–Crippen LogP) is 6.49. The van der Waals surface area contributed by atoms with Crippen LogP contribution in [0.5, 0.6) is 5.88 Å². The van der Waals surface area contributed by atoms with E-state index in [0.717, 1.165) is 13.0 Å². The molecule has 0 N–H and O–H groups in total. The molecule has 2 aromatic heterocycles. The van der Waals surface area contributed by atoms with E-state index in [1.54, 1.807) is 36.4 Å². The molecule has 3 rings (SSSR count). The number of ether oxygens (including phenoxy) is 2. The number of nitrogens with zero attached hydrogens (tertiary/aromatic N) is 3. The van der Waals surface area contributed by atoms with Crippen LogP contribution in [0.1, 0.15) is 36.8 Å². The third kappa shape index (κ3) is 6.18. The summed E-state index contributed by atoms with van der Waals surface area (Å²) in [7, 11) is 0. The first-order valence-electron chi connectivity index (χ1n) is 10.4. The second kappa shape index (κ2) is 10.5. The van der Waals surface area contributed by atoms with Crippen LogP contribution in [-0.2, 0) is 23.1 Å². The number of rotatable bonds is 10. The molecule has 0 radical (unpaired) electrons. The van der Waals surface area contributed by atoms with E-state index in [1.807, 2.05) is 0 Å². The van der Waals surface area contributed by atoms with Crippen molar-refractivity contribution in [2.75, 3.05) is 6.61 Å². The fourth-order valence-electron chi connectivity index (χ4n) is 2.87. The summed E-state index contributed by atoms with van der Waals surface area (Å²) < 4.78 is 97.4. The van der Waals surface area contributed by atoms with Crippen LogP contribution in [0.4, 0.5) is 26.3 Å². The molecule has 0 amide bonds. The third-order valence-electron chi connectivity index (χ3n) is 4.92. The normalized spacial score (nSPS) is 13.9. The van der Waals surface area contributed by atoms with Crippen LogP contribution in [0.25, 0.3) is 11.6 Å². The number of halogens is 6. The van der Waals surface area contributed by atoms with Gasteiger partial charge in [0.2, 0.25) is 11.5 Å². The molecule has 0 saturated carbocycles. The highest BCUT2D eigenvalue weighted by Crippen LogP contribution is 2.43. The van der Waals surface area contributed by atoms with Gasteiger partial charge in [0.25, 0.3) is 11.8 Å². The minimum absolute atomic E-state index is 0.0832. The molecule has 3 aromatic rings. The molecule has 35 heavy (non-hydrogen) atoms. The molecule has 0 aliphatic heterocycles. The smallest absolute Gasteiger partial charge is 0.426 e. The van der Waals surface area contributed by atoms with E-state index in [-0.39, 0.29) is 12.3 Å². The molecule has 1 atom stereocenters. The number of unbranched alkanes of at least 4 members (excludes halogenated alkanes) is 1. The zero-order chi connectivity index (χ0) is 25.7. The lowest BCUT2D eigenvalue weighted by Gasteiger charge is -2.28. The van der Waals surface area contributed by atoms with Crippen LogP contribution < -0.4 is 4.74 Å². The minimum atomic E-state index is -4.95. The van der Waals surface area contributed by atoms with E-state index in [2.05, 4.69) is 21.8 Å². The monoisotopic (exact) mass is 501 g/mol. The molecule has 0 bridgehead atoms. The number of aromatic nitrogens is 3. The Morgan fingerprint density at radius 3 is 2.34 bits per heavy atom. The Balaban J connectivity index is 1.91. The Morgan fingerprint density at radius 2 is 1.71 bits per heavy atom. The summed E-state index contributed by atoms with van der Waals surface area (Å²) in [6.07, 6.45) is -7.24. The molecule has 1 unspecified atom stereocenters. The number of hydrogen-bond donors (Lipinski definition) is 0. The second-order valence-electron chi connectivity index (χ2n) is 7.54. The van der Waals surface area contributed by atoms with Gasteiger partial charge in [0.1, 0.15) is 11.3 Å². The first-order valence-corrected chi connectivity index (χ1v) is 10.4. The molecule has 188 valence electrons. The Kier molecular flexibility index (Phi) is 7.83. The Labute approximate surface area is 196 Å². The van der Waals surface area contributed by atoms with Crippen molar-refractivity contribution in [1.29, 1.82) is 0 Å². The van der Waals surface area contributed by atoms with Crippen molar-refractivity contribution >= 4 is 0 Å². The number of alkyl halides is 6. The standard InChI is InChI=1S/C23H21F6N3O3/c1-3-4-8-13-33-18-16(22(24,25)26)11-12-17(30-18)19-31-32-20(35-19)21(2,23(27,28)29)34-14-15-9-6-5-7-10-15/h3,5-7,9-12H,1,4,8,13-14H2,2H3. The van der Waals surface area contributed by atoms with Crippen molar-refractivity contribution in [1.82, 2.24) is 15.2 Å². The second-order valence-corrected chi connectivity index (χ2v) is 7.54. The lowest BCUT2D eigenvalue weighted by Crippen LogP contribution is -2.42. The number of benzene rings is 1. The fourth-order valence-corrected chi connectivity index (χ4v) is 2.87. The van der Waals surface area contributed by atoms with Gasteiger partial charge in [-0.25, -0.2) is 4.98 Å². The predicted molar refractivity (Wildman–Crippen MR) is 112 cm³/mol.